The van der Waals surface area contributed by atoms with Crippen molar-refractivity contribution < 1.29 is 0 Å². The first-order valence-electron chi connectivity index (χ1n) is 5.83. The second-order valence-electron chi connectivity index (χ2n) is 4.20. The van der Waals surface area contributed by atoms with Crippen molar-refractivity contribution in [2.45, 2.75) is 6.54 Å². The topological polar surface area (TPSA) is 54.7 Å². The third-order valence-electron chi connectivity index (χ3n) is 3.02. The monoisotopic (exact) mass is 291 g/mol. The van der Waals surface area contributed by atoms with E-state index in [4.69, 9.17) is 28.9 Å². The van der Waals surface area contributed by atoms with Crippen molar-refractivity contribution in [1.29, 1.82) is 0 Å². The summed E-state index contributed by atoms with van der Waals surface area (Å²) in [6.45, 7) is 0.442. The zero-order valence-corrected chi connectivity index (χ0v) is 11.5. The molecule has 0 aliphatic carbocycles. The lowest BCUT2D eigenvalue weighted by atomic mass is 10.2. The molecule has 3 nitrogen and oxygen atoms in total. The number of halogens is 2. The van der Waals surface area contributed by atoms with Gasteiger partial charge in [-0.25, -0.2) is 4.98 Å². The van der Waals surface area contributed by atoms with Gasteiger partial charge in [-0.2, -0.15) is 0 Å². The van der Waals surface area contributed by atoms with Gasteiger partial charge in [-0.05, 0) is 23.8 Å². The van der Waals surface area contributed by atoms with Crippen molar-refractivity contribution in [3.8, 4) is 11.4 Å². The van der Waals surface area contributed by atoms with Gasteiger partial charge in [0.2, 0.25) is 0 Å². The molecule has 3 rings (SSSR count). The van der Waals surface area contributed by atoms with E-state index >= 15 is 0 Å². The van der Waals surface area contributed by atoms with Crippen LogP contribution < -0.4 is 5.73 Å². The van der Waals surface area contributed by atoms with Crippen molar-refractivity contribution in [1.82, 2.24) is 9.97 Å². The van der Waals surface area contributed by atoms with E-state index in [1.54, 1.807) is 12.1 Å². The maximum atomic E-state index is 6.20. The second kappa shape index (κ2) is 4.85. The molecular formula is C14H11Cl2N3. The Hall–Kier alpha value is -1.55. The van der Waals surface area contributed by atoms with E-state index < -0.39 is 0 Å². The number of hydrogen-bond donors (Lipinski definition) is 2. The molecule has 1 heterocycles. The first-order chi connectivity index (χ1) is 9.20. The molecule has 5 heteroatoms. The number of aromatic nitrogens is 2. The van der Waals surface area contributed by atoms with Crippen LogP contribution in [0.5, 0.6) is 0 Å². The van der Waals surface area contributed by atoms with Gasteiger partial charge in [0, 0.05) is 6.54 Å². The van der Waals surface area contributed by atoms with Gasteiger partial charge < -0.3 is 10.7 Å². The summed E-state index contributed by atoms with van der Waals surface area (Å²) >= 11 is 12.4. The molecule has 2 aromatic carbocycles. The van der Waals surface area contributed by atoms with Gasteiger partial charge in [0.25, 0.3) is 0 Å². The fourth-order valence-electron chi connectivity index (χ4n) is 2.10. The molecule has 96 valence electrons. The molecule has 3 aromatic rings. The highest BCUT2D eigenvalue weighted by molar-refractivity contribution is 6.39. The summed E-state index contributed by atoms with van der Waals surface area (Å²) in [5, 5.41) is 1.14. The van der Waals surface area contributed by atoms with Crippen LogP contribution in [0.15, 0.2) is 36.4 Å². The first kappa shape index (κ1) is 12.5. The van der Waals surface area contributed by atoms with Crippen molar-refractivity contribution in [3.63, 3.8) is 0 Å². The van der Waals surface area contributed by atoms with E-state index in [-0.39, 0.29) is 0 Å². The number of imidazole rings is 1. The van der Waals surface area contributed by atoms with E-state index in [2.05, 4.69) is 9.97 Å². The molecule has 0 unspecified atom stereocenters. The average molecular weight is 292 g/mol. The van der Waals surface area contributed by atoms with Crippen LogP contribution in [0, 0.1) is 0 Å². The van der Waals surface area contributed by atoms with Crippen LogP contribution in [0.25, 0.3) is 22.4 Å². The van der Waals surface area contributed by atoms with E-state index in [9.17, 15) is 0 Å². The van der Waals surface area contributed by atoms with Crippen LogP contribution in [-0.2, 0) is 6.54 Å². The third-order valence-corrected chi connectivity index (χ3v) is 3.65. The van der Waals surface area contributed by atoms with Gasteiger partial charge in [-0.3, -0.25) is 0 Å². The maximum Gasteiger partial charge on any atom is 0.141 e. The Balaban J connectivity index is 2.27. The minimum Gasteiger partial charge on any atom is -0.338 e. The minimum absolute atomic E-state index is 0.442. The number of hydrogen-bond acceptors (Lipinski definition) is 2. The van der Waals surface area contributed by atoms with Gasteiger partial charge >= 0.3 is 0 Å². The number of rotatable bonds is 2. The van der Waals surface area contributed by atoms with Crippen LogP contribution in [0.4, 0.5) is 0 Å². The lowest BCUT2D eigenvalue weighted by molar-refractivity contribution is 1.08. The van der Waals surface area contributed by atoms with E-state index in [0.29, 0.717) is 28.0 Å². The number of H-pyrrole nitrogens is 1. The summed E-state index contributed by atoms with van der Waals surface area (Å²) in [6, 6.07) is 11.2. The highest BCUT2D eigenvalue weighted by atomic mass is 35.5. The van der Waals surface area contributed by atoms with Gasteiger partial charge in [-0.15, -0.1) is 0 Å². The Morgan fingerprint density at radius 2 is 1.74 bits per heavy atom. The molecule has 0 fully saturated rings. The van der Waals surface area contributed by atoms with E-state index in [1.165, 1.54) is 0 Å². The van der Waals surface area contributed by atoms with Gasteiger partial charge in [-0.1, -0.05) is 41.4 Å². The minimum atomic E-state index is 0.442. The third kappa shape index (κ3) is 2.10. The van der Waals surface area contributed by atoms with Crippen LogP contribution in [-0.4, -0.2) is 9.97 Å². The Labute approximate surface area is 120 Å². The Kier molecular flexibility index (Phi) is 3.19. The summed E-state index contributed by atoms with van der Waals surface area (Å²) < 4.78 is 0. The number of benzene rings is 2. The molecule has 0 radical (unpaired) electrons. The smallest absolute Gasteiger partial charge is 0.141 e. The van der Waals surface area contributed by atoms with Crippen molar-refractivity contribution in [2.75, 3.05) is 0 Å². The molecule has 3 N–H and O–H groups in total. The lowest BCUT2D eigenvalue weighted by Crippen LogP contribution is -1.96. The lowest BCUT2D eigenvalue weighted by Gasteiger charge is -2.02. The van der Waals surface area contributed by atoms with Crippen molar-refractivity contribution in [2.24, 2.45) is 5.73 Å². The van der Waals surface area contributed by atoms with Crippen LogP contribution in [0.1, 0.15) is 5.56 Å². The number of nitrogens with two attached hydrogens (primary N) is 1. The summed E-state index contributed by atoms with van der Waals surface area (Å²) in [6.07, 6.45) is 0. The molecule has 0 aliphatic rings. The Morgan fingerprint density at radius 1 is 1.05 bits per heavy atom. The molecule has 0 spiro atoms. The largest absolute Gasteiger partial charge is 0.338 e. The van der Waals surface area contributed by atoms with Crippen LogP contribution in [0.3, 0.4) is 0 Å². The highest BCUT2D eigenvalue weighted by Gasteiger charge is 2.13. The SMILES string of the molecule is NCc1cccc2[nH]c(-c3c(Cl)cccc3Cl)nc12. The predicted octanol–water partition coefficient (Wildman–Crippen LogP) is 4.00. The molecule has 0 bridgehead atoms. The van der Waals surface area contributed by atoms with E-state index in [0.717, 1.165) is 16.6 Å². The fraction of sp³-hybridized carbons (Fsp3) is 0.0714. The number of nitrogens with zero attached hydrogens (tertiary/aromatic N) is 1. The number of nitrogens with one attached hydrogen (secondary N) is 1. The van der Waals surface area contributed by atoms with E-state index in [1.807, 2.05) is 24.3 Å². The zero-order chi connectivity index (χ0) is 13.4. The maximum absolute atomic E-state index is 6.20. The molecule has 0 saturated heterocycles. The fourth-order valence-corrected chi connectivity index (χ4v) is 2.68. The molecule has 0 saturated carbocycles. The van der Waals surface area contributed by atoms with Gasteiger partial charge in [0.15, 0.2) is 0 Å². The average Bonchev–Trinajstić information content (AvgIpc) is 2.81. The molecular weight excluding hydrogens is 281 g/mol. The number of fused-ring (bicyclic) bond motifs is 1. The molecule has 0 atom stereocenters. The molecule has 1 aromatic heterocycles. The number of aromatic amines is 1. The highest BCUT2D eigenvalue weighted by Crippen LogP contribution is 2.34. The van der Waals surface area contributed by atoms with Crippen molar-refractivity contribution >= 4 is 34.2 Å². The second-order valence-corrected chi connectivity index (χ2v) is 5.01. The number of para-hydroxylation sites is 1. The van der Waals surface area contributed by atoms with Crippen LogP contribution >= 0.6 is 23.2 Å². The van der Waals surface area contributed by atoms with Crippen molar-refractivity contribution in [3.05, 3.63) is 52.0 Å². The standard InChI is InChI=1S/C14H11Cl2N3/c15-9-4-2-5-10(16)12(9)14-18-11-6-1-3-8(7-17)13(11)19-14/h1-6H,7,17H2,(H,18,19). The quantitative estimate of drug-likeness (QED) is 0.750. The Morgan fingerprint density at radius 3 is 2.42 bits per heavy atom. The summed E-state index contributed by atoms with van der Waals surface area (Å²) in [4.78, 5) is 7.80. The predicted molar refractivity (Wildman–Crippen MR) is 79.4 cm³/mol. The molecule has 0 aliphatic heterocycles. The van der Waals surface area contributed by atoms with Gasteiger partial charge in [0.1, 0.15) is 5.82 Å². The van der Waals surface area contributed by atoms with Gasteiger partial charge in [0.05, 0.1) is 26.6 Å². The molecule has 19 heavy (non-hydrogen) atoms. The summed E-state index contributed by atoms with van der Waals surface area (Å²) in [5.74, 6) is 0.659. The Bertz CT molecular complexity index is 729. The zero-order valence-electron chi connectivity index (χ0n) is 9.95. The molecule has 0 amide bonds. The van der Waals surface area contributed by atoms with Crippen LogP contribution in [0.2, 0.25) is 10.0 Å². The summed E-state index contributed by atoms with van der Waals surface area (Å²) in [7, 11) is 0. The normalized spacial score (nSPS) is 11.1. The first-order valence-corrected chi connectivity index (χ1v) is 6.58. The summed E-state index contributed by atoms with van der Waals surface area (Å²) in [5.41, 5.74) is 9.20.